The zero-order chi connectivity index (χ0) is 13.7. The third-order valence-corrected chi connectivity index (χ3v) is 2.55. The summed E-state index contributed by atoms with van der Waals surface area (Å²) in [7, 11) is 1.60. The summed E-state index contributed by atoms with van der Waals surface area (Å²) in [4.78, 5) is 17.2. The van der Waals surface area contributed by atoms with E-state index in [1.165, 1.54) is 12.3 Å². The zero-order valence-electron chi connectivity index (χ0n) is 10.9. The van der Waals surface area contributed by atoms with E-state index in [2.05, 4.69) is 4.98 Å². The SMILES string of the molecule is COCCN(c1ncc(N)cc1C(=O)O)C(C)C. The minimum atomic E-state index is -1.03. The number of nitrogens with zero attached hydrogens (tertiary/aromatic N) is 2. The standard InChI is InChI=1S/C12H19N3O3/c1-8(2)15(4-5-18-3)11-10(12(16)17)6-9(13)7-14-11/h6-8H,4-5,13H2,1-3H3,(H,16,17). The Morgan fingerprint density at radius 3 is 2.78 bits per heavy atom. The summed E-state index contributed by atoms with van der Waals surface area (Å²) in [6.45, 7) is 5.02. The highest BCUT2D eigenvalue weighted by Gasteiger charge is 2.20. The number of aromatic nitrogens is 1. The average molecular weight is 253 g/mol. The van der Waals surface area contributed by atoms with E-state index < -0.39 is 5.97 Å². The minimum absolute atomic E-state index is 0.111. The normalized spacial score (nSPS) is 10.7. The lowest BCUT2D eigenvalue weighted by Gasteiger charge is -2.28. The summed E-state index contributed by atoms with van der Waals surface area (Å²) in [6.07, 6.45) is 1.46. The molecule has 0 fully saturated rings. The Kier molecular flexibility index (Phi) is 4.91. The summed E-state index contributed by atoms with van der Waals surface area (Å²) < 4.78 is 5.03. The molecule has 0 spiro atoms. The van der Waals surface area contributed by atoms with Gasteiger partial charge in [0.05, 0.1) is 18.5 Å². The van der Waals surface area contributed by atoms with Crippen molar-refractivity contribution in [3.05, 3.63) is 17.8 Å². The number of hydrogen-bond donors (Lipinski definition) is 2. The van der Waals surface area contributed by atoms with Gasteiger partial charge in [0.2, 0.25) is 0 Å². The molecule has 0 amide bonds. The topological polar surface area (TPSA) is 88.7 Å². The second-order valence-electron chi connectivity index (χ2n) is 4.22. The number of nitrogens with two attached hydrogens (primary N) is 1. The molecule has 18 heavy (non-hydrogen) atoms. The molecule has 0 saturated carbocycles. The van der Waals surface area contributed by atoms with Crippen LogP contribution in [0.2, 0.25) is 0 Å². The van der Waals surface area contributed by atoms with Gasteiger partial charge in [-0.3, -0.25) is 0 Å². The number of rotatable bonds is 6. The molecule has 3 N–H and O–H groups in total. The smallest absolute Gasteiger partial charge is 0.339 e. The van der Waals surface area contributed by atoms with Crippen LogP contribution in [0.15, 0.2) is 12.3 Å². The van der Waals surface area contributed by atoms with Gasteiger partial charge in [-0.1, -0.05) is 0 Å². The number of carbonyl (C=O) groups is 1. The summed E-state index contributed by atoms with van der Waals surface area (Å²) in [5, 5.41) is 9.19. The molecule has 0 aromatic carbocycles. The van der Waals surface area contributed by atoms with Crippen molar-refractivity contribution in [1.29, 1.82) is 0 Å². The molecule has 1 aromatic rings. The third kappa shape index (κ3) is 3.33. The van der Waals surface area contributed by atoms with Crippen molar-refractivity contribution in [3.63, 3.8) is 0 Å². The molecular weight excluding hydrogens is 234 g/mol. The van der Waals surface area contributed by atoms with E-state index in [0.717, 1.165) is 0 Å². The van der Waals surface area contributed by atoms with Gasteiger partial charge >= 0.3 is 5.97 Å². The van der Waals surface area contributed by atoms with Gasteiger partial charge in [-0.2, -0.15) is 0 Å². The monoisotopic (exact) mass is 253 g/mol. The number of nitrogen functional groups attached to an aromatic ring is 1. The van der Waals surface area contributed by atoms with Crippen molar-refractivity contribution in [3.8, 4) is 0 Å². The van der Waals surface area contributed by atoms with Gasteiger partial charge in [0.1, 0.15) is 11.4 Å². The molecule has 0 bridgehead atoms. The maximum atomic E-state index is 11.2. The third-order valence-electron chi connectivity index (χ3n) is 2.55. The second-order valence-corrected chi connectivity index (χ2v) is 4.22. The van der Waals surface area contributed by atoms with Crippen molar-refractivity contribution in [2.75, 3.05) is 30.9 Å². The second kappa shape index (κ2) is 6.20. The molecule has 0 radical (unpaired) electrons. The fourth-order valence-electron chi connectivity index (χ4n) is 1.66. The van der Waals surface area contributed by atoms with Crippen LogP contribution in [-0.2, 0) is 4.74 Å². The van der Waals surface area contributed by atoms with E-state index in [9.17, 15) is 9.90 Å². The highest BCUT2D eigenvalue weighted by molar-refractivity contribution is 5.94. The van der Waals surface area contributed by atoms with Gasteiger partial charge in [-0.05, 0) is 19.9 Å². The Morgan fingerprint density at radius 2 is 2.28 bits per heavy atom. The molecular formula is C12H19N3O3. The van der Waals surface area contributed by atoms with E-state index in [0.29, 0.717) is 24.7 Å². The van der Waals surface area contributed by atoms with E-state index in [-0.39, 0.29) is 11.6 Å². The van der Waals surface area contributed by atoms with Gasteiger partial charge in [0.15, 0.2) is 0 Å². The molecule has 6 nitrogen and oxygen atoms in total. The van der Waals surface area contributed by atoms with Gasteiger partial charge in [0.25, 0.3) is 0 Å². The molecule has 0 aliphatic heterocycles. The first-order valence-corrected chi connectivity index (χ1v) is 5.71. The first-order chi connectivity index (χ1) is 8.47. The van der Waals surface area contributed by atoms with Crippen molar-refractivity contribution in [2.24, 2.45) is 0 Å². The summed E-state index contributed by atoms with van der Waals surface area (Å²) in [5.41, 5.74) is 6.02. The largest absolute Gasteiger partial charge is 0.478 e. The Balaban J connectivity index is 3.14. The lowest BCUT2D eigenvalue weighted by Crippen LogP contribution is -2.35. The number of ether oxygens (including phenoxy) is 1. The van der Waals surface area contributed by atoms with Gasteiger partial charge < -0.3 is 20.5 Å². The van der Waals surface area contributed by atoms with Crippen LogP contribution in [0.1, 0.15) is 24.2 Å². The van der Waals surface area contributed by atoms with Crippen LogP contribution in [-0.4, -0.2) is 42.4 Å². The molecule has 0 unspecified atom stereocenters. The van der Waals surface area contributed by atoms with Crippen LogP contribution >= 0.6 is 0 Å². The first kappa shape index (κ1) is 14.2. The number of hydrogen-bond acceptors (Lipinski definition) is 5. The molecule has 0 aliphatic carbocycles. The molecule has 0 saturated heterocycles. The molecule has 0 aliphatic rings. The van der Waals surface area contributed by atoms with Crippen molar-refractivity contribution in [1.82, 2.24) is 4.98 Å². The van der Waals surface area contributed by atoms with E-state index in [1.807, 2.05) is 18.7 Å². The number of carboxylic acids is 1. The Morgan fingerprint density at radius 1 is 1.61 bits per heavy atom. The number of pyridine rings is 1. The fourth-order valence-corrected chi connectivity index (χ4v) is 1.66. The maximum absolute atomic E-state index is 11.2. The molecule has 0 atom stereocenters. The van der Waals surface area contributed by atoms with E-state index >= 15 is 0 Å². The van der Waals surface area contributed by atoms with E-state index in [4.69, 9.17) is 10.5 Å². The minimum Gasteiger partial charge on any atom is -0.478 e. The van der Waals surface area contributed by atoms with Crippen LogP contribution < -0.4 is 10.6 Å². The molecule has 1 aromatic heterocycles. The summed E-state index contributed by atoms with van der Waals surface area (Å²) >= 11 is 0. The highest BCUT2D eigenvalue weighted by atomic mass is 16.5. The highest BCUT2D eigenvalue weighted by Crippen LogP contribution is 2.21. The predicted octanol–water partition coefficient (Wildman–Crippen LogP) is 1.22. The fraction of sp³-hybridized carbons (Fsp3) is 0.500. The number of carboxylic acid groups (broad SMARTS) is 1. The van der Waals surface area contributed by atoms with Crippen LogP contribution in [0.3, 0.4) is 0 Å². The molecule has 100 valence electrons. The van der Waals surface area contributed by atoms with Gasteiger partial charge in [0, 0.05) is 19.7 Å². The summed E-state index contributed by atoms with van der Waals surface area (Å²) in [6, 6.07) is 1.54. The summed E-state index contributed by atoms with van der Waals surface area (Å²) in [5.74, 6) is -0.614. The lowest BCUT2D eigenvalue weighted by atomic mass is 10.2. The van der Waals surface area contributed by atoms with Crippen LogP contribution in [0, 0.1) is 0 Å². The first-order valence-electron chi connectivity index (χ1n) is 5.71. The van der Waals surface area contributed by atoms with Crippen molar-refractivity contribution < 1.29 is 14.6 Å². The molecule has 1 heterocycles. The van der Waals surface area contributed by atoms with E-state index in [1.54, 1.807) is 7.11 Å². The maximum Gasteiger partial charge on any atom is 0.339 e. The van der Waals surface area contributed by atoms with Crippen LogP contribution in [0.25, 0.3) is 0 Å². The number of methoxy groups -OCH3 is 1. The Hall–Kier alpha value is -1.82. The average Bonchev–Trinajstić information content (AvgIpc) is 2.30. The zero-order valence-corrected chi connectivity index (χ0v) is 10.9. The van der Waals surface area contributed by atoms with Crippen molar-refractivity contribution in [2.45, 2.75) is 19.9 Å². The van der Waals surface area contributed by atoms with Gasteiger partial charge in [-0.15, -0.1) is 0 Å². The Labute approximate surface area is 106 Å². The van der Waals surface area contributed by atoms with Crippen molar-refractivity contribution >= 4 is 17.5 Å². The van der Waals surface area contributed by atoms with Crippen LogP contribution in [0.5, 0.6) is 0 Å². The Bertz CT molecular complexity index is 421. The quantitative estimate of drug-likeness (QED) is 0.792. The van der Waals surface area contributed by atoms with Gasteiger partial charge in [-0.25, -0.2) is 9.78 Å². The van der Waals surface area contributed by atoms with Crippen LogP contribution in [0.4, 0.5) is 11.5 Å². The predicted molar refractivity (Wildman–Crippen MR) is 70.0 cm³/mol. The number of aromatic carboxylic acids is 1. The molecule has 1 rings (SSSR count). The lowest BCUT2D eigenvalue weighted by molar-refractivity contribution is 0.0697. The molecule has 6 heteroatoms. The number of anilines is 2.